The SMILES string of the molecule is CC(C)(C)OC(=O)CN1CCC[C@@H](O)C1. The van der Waals surface area contributed by atoms with Gasteiger partial charge in [-0.2, -0.15) is 0 Å². The molecule has 4 nitrogen and oxygen atoms in total. The number of esters is 1. The highest BCUT2D eigenvalue weighted by atomic mass is 16.6. The first-order valence-electron chi connectivity index (χ1n) is 5.49. The van der Waals surface area contributed by atoms with Crippen LogP contribution >= 0.6 is 0 Å². The first-order chi connectivity index (χ1) is 6.87. The van der Waals surface area contributed by atoms with Gasteiger partial charge in [-0.05, 0) is 40.2 Å². The molecule has 0 aromatic rings. The summed E-state index contributed by atoms with van der Waals surface area (Å²) in [7, 11) is 0. The molecule has 0 aromatic heterocycles. The summed E-state index contributed by atoms with van der Waals surface area (Å²) in [4.78, 5) is 13.4. The predicted octanol–water partition coefficient (Wildman–Crippen LogP) is 0.785. The largest absolute Gasteiger partial charge is 0.459 e. The Hall–Kier alpha value is -0.610. The maximum Gasteiger partial charge on any atom is 0.320 e. The van der Waals surface area contributed by atoms with Crippen LogP contribution in [-0.2, 0) is 9.53 Å². The van der Waals surface area contributed by atoms with Crippen molar-refractivity contribution in [3.05, 3.63) is 0 Å². The van der Waals surface area contributed by atoms with Crippen molar-refractivity contribution in [1.29, 1.82) is 0 Å². The van der Waals surface area contributed by atoms with E-state index < -0.39 is 5.60 Å². The van der Waals surface area contributed by atoms with Crippen LogP contribution in [0.15, 0.2) is 0 Å². The minimum atomic E-state index is -0.425. The summed E-state index contributed by atoms with van der Waals surface area (Å²) in [6.45, 7) is 7.31. The fourth-order valence-electron chi connectivity index (χ4n) is 1.73. The zero-order valence-electron chi connectivity index (χ0n) is 9.82. The second-order valence-corrected chi connectivity index (χ2v) is 5.12. The Morgan fingerprint density at radius 3 is 2.73 bits per heavy atom. The normalized spacial score (nSPS) is 23.9. The molecule has 1 heterocycles. The number of carbonyl (C=O) groups is 1. The van der Waals surface area contributed by atoms with E-state index in [1.54, 1.807) is 0 Å². The number of nitrogens with zero attached hydrogens (tertiary/aromatic N) is 1. The number of hydrogen-bond acceptors (Lipinski definition) is 4. The van der Waals surface area contributed by atoms with Gasteiger partial charge in [-0.15, -0.1) is 0 Å². The molecule has 0 unspecified atom stereocenters. The van der Waals surface area contributed by atoms with E-state index in [0.29, 0.717) is 6.54 Å². The van der Waals surface area contributed by atoms with Crippen molar-refractivity contribution in [3.8, 4) is 0 Å². The molecule has 0 aromatic carbocycles. The van der Waals surface area contributed by atoms with Gasteiger partial charge in [0.1, 0.15) is 5.60 Å². The zero-order chi connectivity index (χ0) is 11.5. The first-order valence-corrected chi connectivity index (χ1v) is 5.49. The van der Waals surface area contributed by atoms with Gasteiger partial charge < -0.3 is 9.84 Å². The van der Waals surface area contributed by atoms with Gasteiger partial charge in [-0.25, -0.2) is 0 Å². The molecule has 88 valence electrons. The van der Waals surface area contributed by atoms with Gasteiger partial charge >= 0.3 is 5.97 Å². The average Bonchev–Trinajstić information content (AvgIpc) is 1.99. The minimum absolute atomic E-state index is 0.211. The molecule has 1 aliphatic rings. The third-order valence-corrected chi connectivity index (χ3v) is 2.25. The minimum Gasteiger partial charge on any atom is -0.459 e. The van der Waals surface area contributed by atoms with Gasteiger partial charge in [-0.3, -0.25) is 9.69 Å². The summed E-state index contributed by atoms with van der Waals surface area (Å²) in [6.07, 6.45) is 1.50. The number of hydrogen-bond donors (Lipinski definition) is 1. The molecule has 1 N–H and O–H groups in total. The molecule has 1 aliphatic heterocycles. The van der Waals surface area contributed by atoms with Gasteiger partial charge in [0.25, 0.3) is 0 Å². The van der Waals surface area contributed by atoms with Crippen molar-refractivity contribution in [2.75, 3.05) is 19.6 Å². The second-order valence-electron chi connectivity index (χ2n) is 5.12. The Labute approximate surface area is 91.2 Å². The molecule has 1 rings (SSSR count). The highest BCUT2D eigenvalue weighted by molar-refractivity contribution is 5.72. The van der Waals surface area contributed by atoms with E-state index in [4.69, 9.17) is 4.74 Å². The highest BCUT2D eigenvalue weighted by Gasteiger charge is 2.22. The van der Waals surface area contributed by atoms with E-state index in [1.165, 1.54) is 0 Å². The number of likely N-dealkylation sites (tertiary alicyclic amines) is 1. The van der Waals surface area contributed by atoms with Gasteiger partial charge in [0.15, 0.2) is 0 Å². The third-order valence-electron chi connectivity index (χ3n) is 2.25. The number of ether oxygens (including phenoxy) is 1. The number of aliphatic hydroxyl groups excluding tert-OH is 1. The van der Waals surface area contributed by atoms with Crippen LogP contribution in [0, 0.1) is 0 Å². The Kier molecular flexibility index (Phi) is 4.11. The molecular weight excluding hydrogens is 194 g/mol. The van der Waals surface area contributed by atoms with Crippen LogP contribution < -0.4 is 0 Å². The Balaban J connectivity index is 2.31. The topological polar surface area (TPSA) is 49.8 Å². The van der Waals surface area contributed by atoms with Crippen molar-refractivity contribution < 1.29 is 14.6 Å². The summed E-state index contributed by atoms with van der Waals surface area (Å²) in [5.74, 6) is -0.211. The van der Waals surface area contributed by atoms with Crippen molar-refractivity contribution in [3.63, 3.8) is 0 Å². The van der Waals surface area contributed by atoms with Crippen molar-refractivity contribution in [2.24, 2.45) is 0 Å². The smallest absolute Gasteiger partial charge is 0.320 e. The molecule has 0 radical (unpaired) electrons. The molecule has 15 heavy (non-hydrogen) atoms. The fourth-order valence-corrected chi connectivity index (χ4v) is 1.73. The van der Waals surface area contributed by atoms with Crippen LogP contribution in [0.2, 0.25) is 0 Å². The lowest BCUT2D eigenvalue weighted by molar-refractivity contribution is -0.156. The highest BCUT2D eigenvalue weighted by Crippen LogP contribution is 2.11. The molecule has 0 bridgehead atoms. The summed E-state index contributed by atoms with van der Waals surface area (Å²) in [5.41, 5.74) is -0.425. The van der Waals surface area contributed by atoms with Gasteiger partial charge in [0.05, 0.1) is 12.6 Å². The number of piperidine rings is 1. The maximum absolute atomic E-state index is 11.5. The average molecular weight is 215 g/mol. The van der Waals surface area contributed by atoms with Crippen LogP contribution in [0.4, 0.5) is 0 Å². The van der Waals surface area contributed by atoms with Crippen molar-refractivity contribution in [2.45, 2.75) is 45.3 Å². The fraction of sp³-hybridized carbons (Fsp3) is 0.909. The lowest BCUT2D eigenvalue weighted by Gasteiger charge is -2.30. The summed E-state index contributed by atoms with van der Waals surface area (Å²) in [5, 5.41) is 9.43. The van der Waals surface area contributed by atoms with Crippen LogP contribution in [0.1, 0.15) is 33.6 Å². The van der Waals surface area contributed by atoms with E-state index >= 15 is 0 Å². The first kappa shape index (κ1) is 12.5. The molecule has 1 fully saturated rings. The lowest BCUT2D eigenvalue weighted by Crippen LogP contribution is -2.42. The zero-order valence-corrected chi connectivity index (χ0v) is 9.82. The van der Waals surface area contributed by atoms with Crippen molar-refractivity contribution >= 4 is 5.97 Å². The molecule has 0 saturated carbocycles. The molecular formula is C11H21NO3. The van der Waals surface area contributed by atoms with E-state index in [1.807, 2.05) is 25.7 Å². The van der Waals surface area contributed by atoms with E-state index in [2.05, 4.69) is 0 Å². The Morgan fingerprint density at radius 2 is 2.20 bits per heavy atom. The lowest BCUT2D eigenvalue weighted by atomic mass is 10.1. The van der Waals surface area contributed by atoms with E-state index in [0.717, 1.165) is 19.4 Å². The summed E-state index contributed by atoms with van der Waals surface area (Å²) in [6, 6.07) is 0. The van der Waals surface area contributed by atoms with Crippen LogP contribution in [-0.4, -0.2) is 47.3 Å². The Morgan fingerprint density at radius 1 is 1.53 bits per heavy atom. The van der Waals surface area contributed by atoms with Crippen molar-refractivity contribution in [1.82, 2.24) is 4.90 Å². The summed E-state index contributed by atoms with van der Waals surface area (Å²) < 4.78 is 5.21. The van der Waals surface area contributed by atoms with Gasteiger partial charge in [-0.1, -0.05) is 0 Å². The quantitative estimate of drug-likeness (QED) is 0.692. The number of carbonyl (C=O) groups excluding carboxylic acids is 1. The molecule has 1 saturated heterocycles. The maximum atomic E-state index is 11.5. The van der Waals surface area contributed by atoms with Crippen LogP contribution in [0.5, 0.6) is 0 Å². The standard InChI is InChI=1S/C11H21NO3/c1-11(2,3)15-10(14)8-12-6-4-5-9(13)7-12/h9,13H,4-8H2,1-3H3/t9-/m1/s1. The van der Waals surface area contributed by atoms with Gasteiger partial charge in [0.2, 0.25) is 0 Å². The number of aliphatic hydroxyl groups is 1. The van der Waals surface area contributed by atoms with Crippen LogP contribution in [0.25, 0.3) is 0 Å². The Bertz CT molecular complexity index is 222. The predicted molar refractivity (Wildman–Crippen MR) is 57.5 cm³/mol. The molecule has 1 atom stereocenters. The molecule has 0 amide bonds. The van der Waals surface area contributed by atoms with E-state index in [9.17, 15) is 9.90 Å². The second kappa shape index (κ2) is 4.94. The van der Waals surface area contributed by atoms with Gasteiger partial charge in [0, 0.05) is 6.54 Å². The van der Waals surface area contributed by atoms with E-state index in [-0.39, 0.29) is 18.6 Å². The summed E-state index contributed by atoms with van der Waals surface area (Å²) >= 11 is 0. The van der Waals surface area contributed by atoms with Crippen LogP contribution in [0.3, 0.4) is 0 Å². The number of β-amino-alcohol motifs (C(OH)–C–C–N with tert-alkyl or cyclic N) is 1. The number of rotatable bonds is 2. The molecule has 0 aliphatic carbocycles. The molecule has 0 spiro atoms. The molecule has 4 heteroatoms. The monoisotopic (exact) mass is 215 g/mol. The third kappa shape index (κ3) is 5.14.